The molecule has 0 fully saturated rings. The molecule has 0 aromatic heterocycles. The van der Waals surface area contributed by atoms with Crippen molar-refractivity contribution in [2.75, 3.05) is 0 Å². The Balaban J connectivity index is 3.81. The second-order valence-corrected chi connectivity index (χ2v) is 3.69. The molecule has 4 nitrogen and oxygen atoms in total. The molecule has 0 aliphatic rings. The molecule has 0 saturated carbocycles. The zero-order valence-electron chi connectivity index (χ0n) is 8.33. The van der Waals surface area contributed by atoms with Gasteiger partial charge in [-0.15, -0.1) is 6.58 Å². The highest BCUT2D eigenvalue weighted by molar-refractivity contribution is 5.67. The SMILES string of the molecule is C=CC[C@H](O)NC(=O)OC(C)(C)C. The van der Waals surface area contributed by atoms with Crippen LogP contribution in [0.4, 0.5) is 4.79 Å². The topological polar surface area (TPSA) is 58.6 Å². The molecule has 0 aromatic carbocycles. The average Bonchev–Trinajstić information content (AvgIpc) is 1.81. The van der Waals surface area contributed by atoms with Gasteiger partial charge < -0.3 is 9.84 Å². The normalized spacial score (nSPS) is 13.2. The molecule has 0 aliphatic heterocycles. The van der Waals surface area contributed by atoms with Crippen molar-refractivity contribution in [3.8, 4) is 0 Å². The van der Waals surface area contributed by atoms with Crippen molar-refractivity contribution < 1.29 is 14.6 Å². The predicted molar refractivity (Wildman–Crippen MR) is 50.2 cm³/mol. The number of hydrogen-bond donors (Lipinski definition) is 2. The van der Waals surface area contributed by atoms with Crippen molar-refractivity contribution in [2.24, 2.45) is 0 Å². The Labute approximate surface area is 78.6 Å². The number of carbonyl (C=O) groups excluding carboxylic acids is 1. The first-order valence-electron chi connectivity index (χ1n) is 4.13. The highest BCUT2D eigenvalue weighted by Crippen LogP contribution is 2.06. The highest BCUT2D eigenvalue weighted by atomic mass is 16.6. The minimum Gasteiger partial charge on any atom is -0.444 e. The van der Waals surface area contributed by atoms with Gasteiger partial charge in [-0.1, -0.05) is 6.08 Å². The smallest absolute Gasteiger partial charge is 0.409 e. The molecular formula is C9H17NO3. The van der Waals surface area contributed by atoms with E-state index in [2.05, 4.69) is 11.9 Å². The Morgan fingerprint density at radius 1 is 1.69 bits per heavy atom. The van der Waals surface area contributed by atoms with Gasteiger partial charge in [0.2, 0.25) is 0 Å². The monoisotopic (exact) mass is 187 g/mol. The first kappa shape index (κ1) is 12.0. The standard InChI is InChI=1S/C9H17NO3/c1-5-6-7(11)10-8(12)13-9(2,3)4/h5,7,11H,1,6H2,2-4H3,(H,10,12)/t7-/m0/s1. The summed E-state index contributed by atoms with van der Waals surface area (Å²) >= 11 is 0. The third-order valence-electron chi connectivity index (χ3n) is 1.07. The van der Waals surface area contributed by atoms with E-state index in [9.17, 15) is 4.79 Å². The molecule has 0 saturated heterocycles. The van der Waals surface area contributed by atoms with E-state index in [-0.39, 0.29) is 0 Å². The van der Waals surface area contributed by atoms with Crippen LogP contribution in [0.1, 0.15) is 27.2 Å². The summed E-state index contributed by atoms with van der Waals surface area (Å²) in [6.45, 7) is 8.70. The molecule has 2 N–H and O–H groups in total. The van der Waals surface area contributed by atoms with Crippen LogP contribution in [-0.2, 0) is 4.74 Å². The molecule has 0 bridgehead atoms. The van der Waals surface area contributed by atoms with Crippen LogP contribution >= 0.6 is 0 Å². The van der Waals surface area contributed by atoms with Gasteiger partial charge in [0.15, 0.2) is 0 Å². The van der Waals surface area contributed by atoms with Crippen molar-refractivity contribution in [3.05, 3.63) is 12.7 Å². The van der Waals surface area contributed by atoms with E-state index in [0.29, 0.717) is 6.42 Å². The van der Waals surface area contributed by atoms with Crippen LogP contribution in [0.15, 0.2) is 12.7 Å². The van der Waals surface area contributed by atoms with Crippen molar-refractivity contribution in [1.82, 2.24) is 5.32 Å². The number of hydrogen-bond acceptors (Lipinski definition) is 3. The van der Waals surface area contributed by atoms with E-state index in [1.807, 2.05) is 0 Å². The van der Waals surface area contributed by atoms with E-state index in [0.717, 1.165) is 0 Å². The van der Waals surface area contributed by atoms with Gasteiger partial charge in [-0.3, -0.25) is 5.32 Å². The highest BCUT2D eigenvalue weighted by Gasteiger charge is 2.17. The average molecular weight is 187 g/mol. The second-order valence-electron chi connectivity index (χ2n) is 3.69. The van der Waals surface area contributed by atoms with Gasteiger partial charge in [0.05, 0.1) is 0 Å². The minimum absolute atomic E-state index is 0.305. The van der Waals surface area contributed by atoms with Gasteiger partial charge in [-0.25, -0.2) is 4.79 Å². The lowest BCUT2D eigenvalue weighted by molar-refractivity contribution is 0.0364. The van der Waals surface area contributed by atoms with Crippen LogP contribution < -0.4 is 5.32 Å². The van der Waals surface area contributed by atoms with Gasteiger partial charge in [0, 0.05) is 6.42 Å². The number of nitrogens with one attached hydrogen (secondary N) is 1. The van der Waals surface area contributed by atoms with Gasteiger partial charge in [0.25, 0.3) is 0 Å². The van der Waals surface area contributed by atoms with E-state index in [1.54, 1.807) is 20.8 Å². The molecule has 13 heavy (non-hydrogen) atoms. The Morgan fingerprint density at radius 3 is 2.62 bits per heavy atom. The molecule has 0 heterocycles. The quantitative estimate of drug-likeness (QED) is 0.518. The Morgan fingerprint density at radius 2 is 2.23 bits per heavy atom. The predicted octanol–water partition coefficient (Wildman–Crippen LogP) is 1.41. The molecule has 1 amide bonds. The Kier molecular flexibility index (Phi) is 4.48. The van der Waals surface area contributed by atoms with Crippen molar-refractivity contribution in [3.63, 3.8) is 0 Å². The van der Waals surface area contributed by atoms with E-state index in [4.69, 9.17) is 9.84 Å². The van der Waals surface area contributed by atoms with Crippen LogP contribution in [0.3, 0.4) is 0 Å². The fourth-order valence-electron chi connectivity index (χ4n) is 0.660. The summed E-state index contributed by atoms with van der Waals surface area (Å²) in [6, 6.07) is 0. The van der Waals surface area contributed by atoms with E-state index >= 15 is 0 Å². The molecule has 76 valence electrons. The maximum Gasteiger partial charge on any atom is 0.409 e. The van der Waals surface area contributed by atoms with Gasteiger partial charge in [-0.2, -0.15) is 0 Å². The Bertz CT molecular complexity index is 184. The summed E-state index contributed by atoms with van der Waals surface area (Å²) in [6.07, 6.45) is 0.274. The van der Waals surface area contributed by atoms with Crippen LogP contribution in [0.25, 0.3) is 0 Å². The number of amides is 1. The molecule has 0 unspecified atom stereocenters. The van der Waals surface area contributed by atoms with Gasteiger partial charge >= 0.3 is 6.09 Å². The van der Waals surface area contributed by atoms with Crippen LogP contribution in [0, 0.1) is 0 Å². The molecule has 0 aromatic rings. The molecule has 0 aliphatic carbocycles. The van der Waals surface area contributed by atoms with E-state index in [1.165, 1.54) is 6.08 Å². The number of aliphatic hydroxyl groups is 1. The minimum atomic E-state index is -0.924. The molecule has 4 heteroatoms. The maximum atomic E-state index is 11.0. The number of alkyl carbamates (subject to hydrolysis) is 1. The summed E-state index contributed by atoms with van der Waals surface area (Å²) in [7, 11) is 0. The Hall–Kier alpha value is -1.03. The first-order chi connectivity index (χ1) is 5.85. The van der Waals surface area contributed by atoms with Gasteiger partial charge in [-0.05, 0) is 20.8 Å². The molecule has 1 atom stereocenters. The summed E-state index contributed by atoms with van der Waals surface area (Å²) < 4.78 is 4.91. The number of carbonyl (C=O) groups is 1. The molecular weight excluding hydrogens is 170 g/mol. The third kappa shape index (κ3) is 7.33. The van der Waals surface area contributed by atoms with Crippen LogP contribution in [0.2, 0.25) is 0 Å². The fraction of sp³-hybridized carbons (Fsp3) is 0.667. The lowest BCUT2D eigenvalue weighted by atomic mass is 10.2. The number of rotatable bonds is 3. The zero-order valence-corrected chi connectivity index (χ0v) is 8.33. The second kappa shape index (κ2) is 4.87. The summed E-state index contributed by atoms with van der Waals surface area (Å²) in [5.41, 5.74) is -0.544. The molecule has 0 spiro atoms. The van der Waals surface area contributed by atoms with Crippen LogP contribution in [-0.4, -0.2) is 23.0 Å². The molecule has 0 rings (SSSR count). The summed E-state index contributed by atoms with van der Waals surface area (Å²) in [5.74, 6) is 0. The number of aliphatic hydroxyl groups excluding tert-OH is 1. The van der Waals surface area contributed by atoms with Gasteiger partial charge in [0.1, 0.15) is 11.8 Å². The third-order valence-corrected chi connectivity index (χ3v) is 1.07. The van der Waals surface area contributed by atoms with Crippen molar-refractivity contribution in [2.45, 2.75) is 39.0 Å². The largest absolute Gasteiger partial charge is 0.444 e. The summed E-state index contributed by atoms with van der Waals surface area (Å²) in [4.78, 5) is 11.0. The number of ether oxygens (including phenoxy) is 1. The van der Waals surface area contributed by atoms with Crippen LogP contribution in [0.5, 0.6) is 0 Å². The van der Waals surface area contributed by atoms with Crippen molar-refractivity contribution >= 4 is 6.09 Å². The summed E-state index contributed by atoms with van der Waals surface area (Å²) in [5, 5.41) is 11.4. The fourth-order valence-corrected chi connectivity index (χ4v) is 0.660. The lowest BCUT2D eigenvalue weighted by Crippen LogP contribution is -2.38. The van der Waals surface area contributed by atoms with Crippen molar-refractivity contribution in [1.29, 1.82) is 0 Å². The maximum absolute atomic E-state index is 11.0. The van der Waals surface area contributed by atoms with E-state index < -0.39 is 17.9 Å². The first-order valence-corrected chi connectivity index (χ1v) is 4.13. The zero-order chi connectivity index (χ0) is 10.5. The molecule has 0 radical (unpaired) electrons. The lowest BCUT2D eigenvalue weighted by Gasteiger charge is -2.21.